The molecule has 2 heterocycles. The van der Waals surface area contributed by atoms with E-state index in [9.17, 15) is 4.39 Å². The number of nitrogens with zero attached hydrogens (tertiary/aromatic N) is 2. The molecular formula is C14H12FN3O. The van der Waals surface area contributed by atoms with Gasteiger partial charge in [-0.3, -0.25) is 4.98 Å². The fourth-order valence-corrected chi connectivity index (χ4v) is 1.90. The highest BCUT2D eigenvalue weighted by molar-refractivity contribution is 5.82. The maximum atomic E-state index is 13.6. The maximum absolute atomic E-state index is 13.6. The molecule has 96 valence electrons. The second kappa shape index (κ2) is 4.68. The molecule has 0 atom stereocenters. The fourth-order valence-electron chi connectivity index (χ4n) is 1.90. The number of benzene rings is 1. The van der Waals surface area contributed by atoms with Crippen LogP contribution in [0.4, 0.5) is 10.2 Å². The normalized spacial score (nSPS) is 10.8. The highest BCUT2D eigenvalue weighted by Gasteiger charge is 2.11. The number of rotatable bonds is 3. The molecule has 0 spiro atoms. The Balaban J connectivity index is 2.08. The molecule has 0 bridgehead atoms. The van der Waals surface area contributed by atoms with Gasteiger partial charge in [-0.2, -0.15) is 0 Å². The van der Waals surface area contributed by atoms with E-state index in [1.54, 1.807) is 30.6 Å². The van der Waals surface area contributed by atoms with Gasteiger partial charge in [0.2, 0.25) is 0 Å². The van der Waals surface area contributed by atoms with E-state index in [2.05, 4.69) is 15.3 Å². The first-order chi connectivity index (χ1) is 9.28. The first-order valence-electron chi connectivity index (χ1n) is 6.02. The Morgan fingerprint density at radius 3 is 3.00 bits per heavy atom. The van der Waals surface area contributed by atoms with Crippen LogP contribution in [-0.2, 0) is 0 Å². The van der Waals surface area contributed by atoms with Gasteiger partial charge in [-0.05, 0) is 19.1 Å². The Bertz CT molecular complexity index is 724. The number of aromatic nitrogens is 2. The Hall–Kier alpha value is -2.43. The molecule has 1 aromatic carbocycles. The minimum atomic E-state index is -0.375. The number of hydrogen-bond donors (Lipinski definition) is 1. The summed E-state index contributed by atoms with van der Waals surface area (Å²) in [6, 6.07) is 6.58. The van der Waals surface area contributed by atoms with Gasteiger partial charge in [0.15, 0.2) is 17.2 Å². The predicted molar refractivity (Wildman–Crippen MR) is 71.4 cm³/mol. The summed E-state index contributed by atoms with van der Waals surface area (Å²) in [5.74, 6) is 0.799. The molecule has 0 saturated carbocycles. The number of furan rings is 1. The number of hydrogen-bond acceptors (Lipinski definition) is 4. The van der Waals surface area contributed by atoms with Crippen molar-refractivity contribution in [2.45, 2.75) is 6.92 Å². The Morgan fingerprint density at radius 2 is 2.21 bits per heavy atom. The monoisotopic (exact) mass is 257 g/mol. The van der Waals surface area contributed by atoms with Crippen LogP contribution in [0, 0.1) is 5.82 Å². The Labute approximate surface area is 109 Å². The maximum Gasteiger partial charge on any atom is 0.170 e. The summed E-state index contributed by atoms with van der Waals surface area (Å²) in [7, 11) is 0. The summed E-state index contributed by atoms with van der Waals surface area (Å²) in [5, 5.41) is 3.79. The SMILES string of the molecule is CCNc1cncc(-c2cc3cccc(F)c3o2)n1. The first kappa shape index (κ1) is 11.6. The summed E-state index contributed by atoms with van der Waals surface area (Å²) in [6.45, 7) is 2.73. The van der Waals surface area contributed by atoms with Crippen LogP contribution >= 0.6 is 0 Å². The van der Waals surface area contributed by atoms with Gasteiger partial charge in [0, 0.05) is 11.9 Å². The quantitative estimate of drug-likeness (QED) is 0.780. The third kappa shape index (κ3) is 2.14. The lowest BCUT2D eigenvalue weighted by Gasteiger charge is -2.02. The van der Waals surface area contributed by atoms with Crippen LogP contribution in [0.2, 0.25) is 0 Å². The van der Waals surface area contributed by atoms with E-state index < -0.39 is 0 Å². The van der Waals surface area contributed by atoms with Crippen LogP contribution in [0.3, 0.4) is 0 Å². The molecule has 0 fully saturated rings. The molecule has 0 unspecified atom stereocenters. The van der Waals surface area contributed by atoms with Crippen molar-refractivity contribution < 1.29 is 8.81 Å². The number of nitrogens with one attached hydrogen (secondary N) is 1. The Kier molecular flexibility index (Phi) is 2.87. The van der Waals surface area contributed by atoms with E-state index in [-0.39, 0.29) is 11.4 Å². The summed E-state index contributed by atoms with van der Waals surface area (Å²) < 4.78 is 19.1. The predicted octanol–water partition coefficient (Wildman–Crippen LogP) is 3.46. The minimum Gasteiger partial charge on any atom is -0.451 e. The lowest BCUT2D eigenvalue weighted by atomic mass is 10.2. The van der Waals surface area contributed by atoms with Gasteiger partial charge in [-0.15, -0.1) is 0 Å². The molecule has 1 N–H and O–H groups in total. The van der Waals surface area contributed by atoms with Crippen LogP contribution in [0.1, 0.15) is 6.92 Å². The van der Waals surface area contributed by atoms with Gasteiger partial charge in [0.1, 0.15) is 11.5 Å². The van der Waals surface area contributed by atoms with Crippen molar-refractivity contribution in [3.63, 3.8) is 0 Å². The van der Waals surface area contributed by atoms with Crippen LogP contribution in [0.25, 0.3) is 22.4 Å². The molecule has 0 radical (unpaired) electrons. The summed E-state index contributed by atoms with van der Waals surface area (Å²) in [5.41, 5.74) is 0.821. The summed E-state index contributed by atoms with van der Waals surface area (Å²) in [6.07, 6.45) is 3.23. The second-order valence-electron chi connectivity index (χ2n) is 4.09. The van der Waals surface area contributed by atoms with Crippen molar-refractivity contribution in [3.8, 4) is 11.5 Å². The highest BCUT2D eigenvalue weighted by Crippen LogP contribution is 2.28. The average molecular weight is 257 g/mol. The third-order valence-electron chi connectivity index (χ3n) is 2.74. The van der Waals surface area contributed by atoms with E-state index in [0.29, 0.717) is 22.7 Å². The van der Waals surface area contributed by atoms with Gasteiger partial charge in [0.25, 0.3) is 0 Å². The smallest absolute Gasteiger partial charge is 0.170 e. The van der Waals surface area contributed by atoms with Gasteiger partial charge in [0.05, 0.1) is 12.4 Å². The van der Waals surface area contributed by atoms with Gasteiger partial charge < -0.3 is 9.73 Å². The van der Waals surface area contributed by atoms with E-state index in [4.69, 9.17) is 4.42 Å². The molecule has 0 aliphatic heterocycles. The molecule has 5 heteroatoms. The van der Waals surface area contributed by atoms with Crippen molar-refractivity contribution >= 4 is 16.8 Å². The van der Waals surface area contributed by atoms with Crippen LogP contribution in [0.5, 0.6) is 0 Å². The van der Waals surface area contributed by atoms with Gasteiger partial charge in [-0.25, -0.2) is 9.37 Å². The molecule has 2 aromatic heterocycles. The topological polar surface area (TPSA) is 51.0 Å². The van der Waals surface area contributed by atoms with Crippen molar-refractivity contribution in [2.24, 2.45) is 0 Å². The number of fused-ring (bicyclic) bond motifs is 1. The van der Waals surface area contributed by atoms with Crippen molar-refractivity contribution in [3.05, 3.63) is 42.5 Å². The number of halogens is 1. The molecule has 3 aromatic rings. The van der Waals surface area contributed by atoms with Crippen molar-refractivity contribution in [1.82, 2.24) is 9.97 Å². The van der Waals surface area contributed by atoms with E-state index in [0.717, 1.165) is 6.54 Å². The summed E-state index contributed by atoms with van der Waals surface area (Å²) >= 11 is 0. The van der Waals surface area contributed by atoms with Crippen molar-refractivity contribution in [1.29, 1.82) is 0 Å². The molecule has 19 heavy (non-hydrogen) atoms. The molecule has 0 amide bonds. The van der Waals surface area contributed by atoms with Crippen LogP contribution in [0.15, 0.2) is 41.1 Å². The van der Waals surface area contributed by atoms with E-state index in [1.165, 1.54) is 6.07 Å². The Morgan fingerprint density at radius 1 is 1.32 bits per heavy atom. The van der Waals surface area contributed by atoms with E-state index >= 15 is 0 Å². The fraction of sp³-hybridized carbons (Fsp3) is 0.143. The zero-order valence-corrected chi connectivity index (χ0v) is 10.4. The minimum absolute atomic E-state index is 0.244. The molecule has 3 rings (SSSR count). The second-order valence-corrected chi connectivity index (χ2v) is 4.09. The zero-order chi connectivity index (χ0) is 13.2. The van der Waals surface area contributed by atoms with Crippen molar-refractivity contribution in [2.75, 3.05) is 11.9 Å². The number of para-hydroxylation sites is 1. The third-order valence-corrected chi connectivity index (χ3v) is 2.74. The summed E-state index contributed by atoms with van der Waals surface area (Å²) in [4.78, 5) is 8.46. The lowest BCUT2D eigenvalue weighted by molar-refractivity contribution is 0.567. The van der Waals surface area contributed by atoms with Crippen LogP contribution < -0.4 is 5.32 Å². The molecule has 0 saturated heterocycles. The standard InChI is InChI=1S/C14H12FN3O/c1-2-17-13-8-16-7-11(18-13)12-6-9-4-3-5-10(15)14(9)19-12/h3-8H,2H2,1H3,(H,17,18). The van der Waals surface area contributed by atoms with E-state index in [1.807, 2.05) is 6.92 Å². The molecule has 0 aliphatic rings. The van der Waals surface area contributed by atoms with Gasteiger partial charge in [-0.1, -0.05) is 12.1 Å². The zero-order valence-electron chi connectivity index (χ0n) is 10.4. The average Bonchev–Trinajstić information content (AvgIpc) is 2.85. The van der Waals surface area contributed by atoms with Gasteiger partial charge >= 0.3 is 0 Å². The number of anilines is 1. The largest absolute Gasteiger partial charge is 0.451 e. The molecular weight excluding hydrogens is 245 g/mol. The highest BCUT2D eigenvalue weighted by atomic mass is 19.1. The molecule has 0 aliphatic carbocycles. The van der Waals surface area contributed by atoms with Crippen LogP contribution in [-0.4, -0.2) is 16.5 Å². The molecule has 4 nitrogen and oxygen atoms in total. The lowest BCUT2D eigenvalue weighted by Crippen LogP contribution is -2.00. The first-order valence-corrected chi connectivity index (χ1v) is 6.02.